The lowest BCUT2D eigenvalue weighted by Gasteiger charge is -2.14. The zero-order valence-corrected chi connectivity index (χ0v) is 12.8. The summed E-state index contributed by atoms with van der Waals surface area (Å²) in [6.45, 7) is 6.34. The third kappa shape index (κ3) is 4.09. The van der Waals surface area contributed by atoms with Gasteiger partial charge in [-0.2, -0.15) is 0 Å². The van der Waals surface area contributed by atoms with Crippen molar-refractivity contribution in [2.75, 3.05) is 10.6 Å². The molecule has 0 atom stereocenters. The van der Waals surface area contributed by atoms with Gasteiger partial charge in [0.1, 0.15) is 0 Å². The second-order valence-electron chi connectivity index (χ2n) is 5.37. The standard InChI is InChI=1S/C18H22N2O/c1-4-14-9-11-15(12-10-14)19-18(21)20-17-8-6-5-7-16(17)13(2)3/h5-13H,4H2,1-3H3,(H2,19,20,21). The molecule has 0 bridgehead atoms. The minimum absolute atomic E-state index is 0.215. The number of hydrogen-bond acceptors (Lipinski definition) is 1. The summed E-state index contributed by atoms with van der Waals surface area (Å²) in [6, 6.07) is 15.6. The van der Waals surface area contributed by atoms with Crippen molar-refractivity contribution >= 4 is 17.4 Å². The van der Waals surface area contributed by atoms with Crippen molar-refractivity contribution in [2.45, 2.75) is 33.1 Å². The summed E-state index contributed by atoms with van der Waals surface area (Å²) in [5.41, 5.74) is 4.04. The Morgan fingerprint density at radius 2 is 1.67 bits per heavy atom. The van der Waals surface area contributed by atoms with Gasteiger partial charge in [0, 0.05) is 11.4 Å². The van der Waals surface area contributed by atoms with Crippen molar-refractivity contribution in [2.24, 2.45) is 0 Å². The molecule has 2 aromatic carbocycles. The van der Waals surface area contributed by atoms with Crippen LogP contribution in [0.15, 0.2) is 48.5 Å². The molecular weight excluding hydrogens is 260 g/mol. The van der Waals surface area contributed by atoms with Crippen LogP contribution in [0.2, 0.25) is 0 Å². The van der Waals surface area contributed by atoms with Crippen LogP contribution in [0.25, 0.3) is 0 Å². The van der Waals surface area contributed by atoms with E-state index in [9.17, 15) is 4.79 Å². The van der Waals surface area contributed by atoms with E-state index in [-0.39, 0.29) is 6.03 Å². The Morgan fingerprint density at radius 3 is 2.29 bits per heavy atom. The minimum Gasteiger partial charge on any atom is -0.308 e. The van der Waals surface area contributed by atoms with Crippen LogP contribution in [0.1, 0.15) is 37.8 Å². The summed E-state index contributed by atoms with van der Waals surface area (Å²) in [5, 5.41) is 5.78. The first kappa shape index (κ1) is 15.1. The van der Waals surface area contributed by atoms with Gasteiger partial charge in [0.25, 0.3) is 0 Å². The number of hydrogen-bond donors (Lipinski definition) is 2. The van der Waals surface area contributed by atoms with Crippen LogP contribution >= 0.6 is 0 Å². The van der Waals surface area contributed by atoms with E-state index in [0.29, 0.717) is 5.92 Å². The van der Waals surface area contributed by atoms with E-state index >= 15 is 0 Å². The Morgan fingerprint density at radius 1 is 1.00 bits per heavy atom. The van der Waals surface area contributed by atoms with Gasteiger partial charge in [0.15, 0.2) is 0 Å². The smallest absolute Gasteiger partial charge is 0.308 e. The molecule has 3 nitrogen and oxygen atoms in total. The lowest BCUT2D eigenvalue weighted by molar-refractivity contribution is 0.262. The molecule has 0 unspecified atom stereocenters. The molecule has 0 fully saturated rings. The average Bonchev–Trinajstić information content (AvgIpc) is 2.48. The van der Waals surface area contributed by atoms with Gasteiger partial charge in [0.05, 0.1) is 0 Å². The molecule has 0 heterocycles. The summed E-state index contributed by atoms with van der Waals surface area (Å²) < 4.78 is 0. The fraction of sp³-hybridized carbons (Fsp3) is 0.278. The van der Waals surface area contributed by atoms with Crippen LogP contribution in [0.5, 0.6) is 0 Å². The van der Waals surface area contributed by atoms with E-state index in [1.807, 2.05) is 48.5 Å². The van der Waals surface area contributed by atoms with Crippen molar-refractivity contribution in [3.8, 4) is 0 Å². The first-order valence-electron chi connectivity index (χ1n) is 7.36. The number of amides is 2. The van der Waals surface area contributed by atoms with E-state index in [0.717, 1.165) is 23.4 Å². The minimum atomic E-state index is -0.215. The molecule has 0 radical (unpaired) electrons. The van der Waals surface area contributed by atoms with Gasteiger partial charge in [-0.25, -0.2) is 4.79 Å². The summed E-state index contributed by atoms with van der Waals surface area (Å²) in [6.07, 6.45) is 0.994. The first-order chi connectivity index (χ1) is 10.1. The molecule has 0 spiro atoms. The molecule has 110 valence electrons. The summed E-state index contributed by atoms with van der Waals surface area (Å²) in [5.74, 6) is 0.366. The van der Waals surface area contributed by atoms with Gasteiger partial charge in [-0.05, 0) is 41.7 Å². The van der Waals surface area contributed by atoms with Gasteiger partial charge >= 0.3 is 6.03 Å². The topological polar surface area (TPSA) is 41.1 Å². The monoisotopic (exact) mass is 282 g/mol. The van der Waals surface area contributed by atoms with Gasteiger partial charge < -0.3 is 10.6 Å². The maximum Gasteiger partial charge on any atom is 0.323 e. The fourth-order valence-corrected chi connectivity index (χ4v) is 2.22. The lowest BCUT2D eigenvalue weighted by atomic mass is 10.0. The number of carbonyl (C=O) groups is 1. The van der Waals surface area contributed by atoms with Crippen molar-refractivity contribution in [3.63, 3.8) is 0 Å². The molecule has 0 aromatic heterocycles. The number of urea groups is 1. The number of anilines is 2. The predicted octanol–water partition coefficient (Wildman–Crippen LogP) is 5.02. The first-order valence-corrected chi connectivity index (χ1v) is 7.36. The van der Waals surface area contributed by atoms with E-state index in [2.05, 4.69) is 31.4 Å². The molecule has 0 saturated carbocycles. The zero-order chi connectivity index (χ0) is 15.2. The van der Waals surface area contributed by atoms with E-state index in [1.165, 1.54) is 5.56 Å². The molecule has 3 heteroatoms. The number of para-hydroxylation sites is 1. The van der Waals surface area contributed by atoms with Gasteiger partial charge in [0.2, 0.25) is 0 Å². The molecule has 21 heavy (non-hydrogen) atoms. The van der Waals surface area contributed by atoms with Crippen LogP contribution in [-0.4, -0.2) is 6.03 Å². The number of nitrogens with one attached hydrogen (secondary N) is 2. The Balaban J connectivity index is 2.04. The second kappa shape index (κ2) is 6.93. The Hall–Kier alpha value is -2.29. The third-order valence-corrected chi connectivity index (χ3v) is 3.45. The maximum atomic E-state index is 12.1. The Labute approximate surface area is 126 Å². The van der Waals surface area contributed by atoms with E-state index in [1.54, 1.807) is 0 Å². The molecule has 0 aliphatic rings. The number of benzene rings is 2. The molecular formula is C18H22N2O. The van der Waals surface area contributed by atoms with Crippen LogP contribution < -0.4 is 10.6 Å². The summed E-state index contributed by atoms with van der Waals surface area (Å²) in [4.78, 5) is 12.1. The number of carbonyl (C=O) groups excluding carboxylic acids is 1. The highest BCUT2D eigenvalue weighted by Gasteiger charge is 2.09. The SMILES string of the molecule is CCc1ccc(NC(=O)Nc2ccccc2C(C)C)cc1. The van der Waals surface area contributed by atoms with Crippen LogP contribution in [-0.2, 0) is 6.42 Å². The average molecular weight is 282 g/mol. The molecule has 2 N–H and O–H groups in total. The van der Waals surface area contributed by atoms with Crippen molar-refractivity contribution < 1.29 is 4.79 Å². The predicted molar refractivity (Wildman–Crippen MR) is 89.0 cm³/mol. The Kier molecular flexibility index (Phi) is 4.99. The number of aryl methyl sites for hydroxylation is 1. The fourth-order valence-electron chi connectivity index (χ4n) is 2.22. The van der Waals surface area contributed by atoms with Crippen molar-refractivity contribution in [3.05, 3.63) is 59.7 Å². The van der Waals surface area contributed by atoms with Crippen LogP contribution in [0.3, 0.4) is 0 Å². The molecule has 2 amide bonds. The molecule has 0 saturated heterocycles. The normalized spacial score (nSPS) is 10.5. The van der Waals surface area contributed by atoms with E-state index in [4.69, 9.17) is 0 Å². The highest BCUT2D eigenvalue weighted by Crippen LogP contribution is 2.23. The summed E-state index contributed by atoms with van der Waals surface area (Å²) >= 11 is 0. The highest BCUT2D eigenvalue weighted by molar-refractivity contribution is 6.00. The summed E-state index contributed by atoms with van der Waals surface area (Å²) in [7, 11) is 0. The van der Waals surface area contributed by atoms with E-state index < -0.39 is 0 Å². The molecule has 2 rings (SSSR count). The molecule has 2 aromatic rings. The van der Waals surface area contributed by atoms with Crippen molar-refractivity contribution in [1.29, 1.82) is 0 Å². The Bertz CT molecular complexity index is 603. The molecule has 0 aliphatic heterocycles. The molecule has 0 aliphatic carbocycles. The third-order valence-electron chi connectivity index (χ3n) is 3.45. The van der Waals surface area contributed by atoms with Gasteiger partial charge in [-0.15, -0.1) is 0 Å². The number of rotatable bonds is 4. The highest BCUT2D eigenvalue weighted by atomic mass is 16.2. The second-order valence-corrected chi connectivity index (χ2v) is 5.37. The van der Waals surface area contributed by atoms with Gasteiger partial charge in [-0.3, -0.25) is 0 Å². The zero-order valence-electron chi connectivity index (χ0n) is 12.8. The lowest BCUT2D eigenvalue weighted by Crippen LogP contribution is -2.20. The quantitative estimate of drug-likeness (QED) is 0.812. The van der Waals surface area contributed by atoms with Crippen LogP contribution in [0, 0.1) is 0 Å². The maximum absolute atomic E-state index is 12.1. The largest absolute Gasteiger partial charge is 0.323 e. The van der Waals surface area contributed by atoms with Crippen molar-refractivity contribution in [1.82, 2.24) is 0 Å². The van der Waals surface area contributed by atoms with Gasteiger partial charge in [-0.1, -0.05) is 51.1 Å². The van der Waals surface area contributed by atoms with Crippen LogP contribution in [0.4, 0.5) is 16.2 Å².